The largest absolute Gasteiger partial charge is 0.492 e. The summed E-state index contributed by atoms with van der Waals surface area (Å²) in [4.78, 5) is 0. The van der Waals surface area contributed by atoms with Crippen LogP contribution in [-0.2, 0) is 5.41 Å². The molecule has 1 atom stereocenters. The van der Waals surface area contributed by atoms with Gasteiger partial charge in [-0.05, 0) is 25.8 Å². The van der Waals surface area contributed by atoms with Crippen molar-refractivity contribution in [3.05, 3.63) is 23.3 Å². The number of hydrogen-bond donors (Lipinski definition) is 1. The molecule has 0 aromatic heterocycles. The molecule has 1 aliphatic rings. The lowest BCUT2D eigenvalue weighted by Gasteiger charge is -2.24. The van der Waals surface area contributed by atoms with Crippen LogP contribution in [-0.4, -0.2) is 20.3 Å². The Bertz CT molecular complexity index is 471. The predicted octanol–water partition coefficient (Wildman–Crippen LogP) is 2.36. The van der Waals surface area contributed by atoms with Gasteiger partial charge >= 0.3 is 0 Å². The van der Waals surface area contributed by atoms with E-state index < -0.39 is 11.6 Å². The third-order valence-corrected chi connectivity index (χ3v) is 3.74. The predicted molar refractivity (Wildman–Crippen MR) is 64.0 cm³/mol. The molecule has 1 saturated carbocycles. The number of ether oxygens (including phenoxy) is 2. The normalized spacial score (nSPS) is 18.3. The Hall–Kier alpha value is -1.36. The fourth-order valence-corrected chi connectivity index (χ4v) is 2.45. The molecule has 100 valence electrons. The first-order valence-electron chi connectivity index (χ1n) is 5.84. The summed E-state index contributed by atoms with van der Waals surface area (Å²) in [6.07, 6.45) is 1.69. The number of methoxy groups -OCH3 is 2. The van der Waals surface area contributed by atoms with Crippen LogP contribution in [0.2, 0.25) is 0 Å². The van der Waals surface area contributed by atoms with Crippen LogP contribution in [0.1, 0.15) is 25.3 Å². The molecular formula is C13H17F2NO2. The van der Waals surface area contributed by atoms with Gasteiger partial charge in [-0.25, -0.2) is 4.39 Å². The van der Waals surface area contributed by atoms with Gasteiger partial charge in [0.15, 0.2) is 17.3 Å². The lowest BCUT2D eigenvalue weighted by molar-refractivity contribution is 0.320. The first kappa shape index (κ1) is 13.1. The van der Waals surface area contributed by atoms with E-state index in [1.54, 1.807) is 0 Å². The second-order valence-electron chi connectivity index (χ2n) is 4.73. The highest BCUT2D eigenvalue weighted by molar-refractivity contribution is 5.54. The molecule has 3 nitrogen and oxygen atoms in total. The van der Waals surface area contributed by atoms with Crippen LogP contribution < -0.4 is 15.2 Å². The highest BCUT2D eigenvalue weighted by atomic mass is 19.2. The van der Waals surface area contributed by atoms with Gasteiger partial charge in [0.25, 0.3) is 0 Å². The van der Waals surface area contributed by atoms with Gasteiger partial charge in [0.05, 0.1) is 14.2 Å². The van der Waals surface area contributed by atoms with Crippen molar-refractivity contribution in [1.29, 1.82) is 0 Å². The number of hydrogen-bond acceptors (Lipinski definition) is 3. The standard InChI is InChI=1S/C13H17F2NO2/c1-7(16)13(4-5-13)8-6-9(14)10(15)12(18-3)11(8)17-2/h6-7H,4-5,16H2,1-3H3. The molecule has 0 saturated heterocycles. The van der Waals surface area contributed by atoms with E-state index in [0.717, 1.165) is 12.8 Å². The van der Waals surface area contributed by atoms with Crippen LogP contribution in [0.5, 0.6) is 11.5 Å². The molecule has 18 heavy (non-hydrogen) atoms. The number of benzene rings is 1. The van der Waals surface area contributed by atoms with Crippen LogP contribution in [0.25, 0.3) is 0 Å². The summed E-state index contributed by atoms with van der Waals surface area (Å²) in [6, 6.07) is 1.02. The minimum Gasteiger partial charge on any atom is -0.492 e. The van der Waals surface area contributed by atoms with E-state index in [9.17, 15) is 8.78 Å². The summed E-state index contributed by atoms with van der Waals surface area (Å²) in [6.45, 7) is 1.86. The lowest BCUT2D eigenvalue weighted by atomic mass is 9.88. The fraction of sp³-hybridized carbons (Fsp3) is 0.538. The fourth-order valence-electron chi connectivity index (χ4n) is 2.45. The SMILES string of the molecule is COc1c(C2(C(C)N)CC2)cc(F)c(F)c1OC. The molecule has 2 rings (SSSR count). The van der Waals surface area contributed by atoms with E-state index in [4.69, 9.17) is 15.2 Å². The van der Waals surface area contributed by atoms with Gasteiger partial charge in [0.1, 0.15) is 0 Å². The van der Waals surface area contributed by atoms with E-state index in [1.165, 1.54) is 20.3 Å². The van der Waals surface area contributed by atoms with Crippen molar-refractivity contribution >= 4 is 0 Å². The molecule has 0 heterocycles. The number of halogens is 2. The molecule has 1 unspecified atom stereocenters. The summed E-state index contributed by atoms with van der Waals surface area (Å²) >= 11 is 0. The molecule has 1 aromatic carbocycles. The third-order valence-electron chi connectivity index (χ3n) is 3.74. The van der Waals surface area contributed by atoms with Crippen molar-refractivity contribution in [2.45, 2.75) is 31.2 Å². The van der Waals surface area contributed by atoms with E-state index >= 15 is 0 Å². The van der Waals surface area contributed by atoms with E-state index in [1.807, 2.05) is 6.92 Å². The van der Waals surface area contributed by atoms with Crippen LogP contribution in [0.4, 0.5) is 8.78 Å². The van der Waals surface area contributed by atoms with E-state index in [0.29, 0.717) is 5.56 Å². The van der Waals surface area contributed by atoms with Crippen LogP contribution in [0.15, 0.2) is 6.07 Å². The summed E-state index contributed by atoms with van der Waals surface area (Å²) < 4.78 is 37.3. The highest BCUT2D eigenvalue weighted by Gasteiger charge is 2.50. The number of rotatable bonds is 4. The molecule has 0 amide bonds. The van der Waals surface area contributed by atoms with Gasteiger partial charge in [-0.3, -0.25) is 0 Å². The van der Waals surface area contributed by atoms with Gasteiger partial charge in [0.2, 0.25) is 5.82 Å². The monoisotopic (exact) mass is 257 g/mol. The van der Waals surface area contributed by atoms with Crippen LogP contribution in [0, 0.1) is 11.6 Å². The van der Waals surface area contributed by atoms with Crippen LogP contribution in [0.3, 0.4) is 0 Å². The molecule has 1 fully saturated rings. The number of nitrogens with two attached hydrogens (primary N) is 1. The van der Waals surface area contributed by atoms with Crippen molar-refractivity contribution in [1.82, 2.24) is 0 Å². The molecule has 2 N–H and O–H groups in total. The molecule has 0 aliphatic heterocycles. The maximum Gasteiger partial charge on any atom is 0.204 e. The average molecular weight is 257 g/mol. The van der Waals surface area contributed by atoms with Crippen molar-refractivity contribution in [3.63, 3.8) is 0 Å². The zero-order valence-electron chi connectivity index (χ0n) is 10.7. The molecular weight excluding hydrogens is 240 g/mol. The smallest absolute Gasteiger partial charge is 0.204 e. The summed E-state index contributed by atoms with van der Waals surface area (Å²) in [5.41, 5.74) is 6.22. The summed E-state index contributed by atoms with van der Waals surface area (Å²) in [5.74, 6) is -1.92. The first-order valence-corrected chi connectivity index (χ1v) is 5.84. The van der Waals surface area contributed by atoms with Crippen LogP contribution >= 0.6 is 0 Å². The molecule has 0 radical (unpaired) electrons. The summed E-state index contributed by atoms with van der Waals surface area (Å²) in [5, 5.41) is 0. The van der Waals surface area contributed by atoms with E-state index in [2.05, 4.69) is 0 Å². The van der Waals surface area contributed by atoms with Gasteiger partial charge in [0, 0.05) is 17.0 Å². The second-order valence-corrected chi connectivity index (χ2v) is 4.73. The second kappa shape index (κ2) is 4.39. The summed E-state index contributed by atoms with van der Waals surface area (Å²) in [7, 11) is 2.70. The molecule has 5 heteroatoms. The van der Waals surface area contributed by atoms with Gasteiger partial charge in [-0.2, -0.15) is 4.39 Å². The van der Waals surface area contributed by atoms with Gasteiger partial charge in [-0.1, -0.05) is 0 Å². The molecule has 0 bridgehead atoms. The molecule has 0 spiro atoms. The Morgan fingerprint density at radius 1 is 1.22 bits per heavy atom. The van der Waals surface area contributed by atoms with Crippen molar-refractivity contribution < 1.29 is 18.3 Å². The Morgan fingerprint density at radius 3 is 2.17 bits per heavy atom. The van der Waals surface area contributed by atoms with Crippen molar-refractivity contribution in [2.75, 3.05) is 14.2 Å². The topological polar surface area (TPSA) is 44.5 Å². The zero-order chi connectivity index (χ0) is 13.5. The Kier molecular flexibility index (Phi) is 3.19. The minimum absolute atomic E-state index is 0.152. The Morgan fingerprint density at radius 2 is 1.78 bits per heavy atom. The zero-order valence-corrected chi connectivity index (χ0v) is 10.7. The van der Waals surface area contributed by atoms with Crippen molar-refractivity contribution in [2.24, 2.45) is 5.73 Å². The lowest BCUT2D eigenvalue weighted by Crippen LogP contribution is -2.32. The maximum atomic E-state index is 13.6. The average Bonchev–Trinajstić information content (AvgIpc) is 3.13. The Balaban J connectivity index is 2.64. The first-order chi connectivity index (χ1) is 8.47. The quantitative estimate of drug-likeness (QED) is 0.900. The van der Waals surface area contributed by atoms with Crippen molar-refractivity contribution in [3.8, 4) is 11.5 Å². The van der Waals surface area contributed by atoms with Gasteiger partial charge in [-0.15, -0.1) is 0 Å². The Labute approximate surface area is 105 Å². The molecule has 1 aliphatic carbocycles. The third kappa shape index (κ3) is 1.73. The highest BCUT2D eigenvalue weighted by Crippen LogP contribution is 2.55. The van der Waals surface area contributed by atoms with E-state index in [-0.39, 0.29) is 23.0 Å². The van der Waals surface area contributed by atoms with Gasteiger partial charge < -0.3 is 15.2 Å². The minimum atomic E-state index is -1.03. The maximum absolute atomic E-state index is 13.6. The molecule has 1 aromatic rings.